The molecule has 2 aromatic rings. The molecule has 1 aliphatic rings. The van der Waals surface area contributed by atoms with Gasteiger partial charge in [-0.1, -0.05) is 68.4 Å². The molecule has 0 aromatic heterocycles. The van der Waals surface area contributed by atoms with Crippen LogP contribution in [0.1, 0.15) is 52.0 Å². The number of benzene rings is 2. The first kappa shape index (κ1) is 33.3. The Morgan fingerprint density at radius 2 is 1.62 bits per heavy atom. The smallest absolute Gasteiger partial charge is 0.407 e. The zero-order valence-electron chi connectivity index (χ0n) is 24.9. The Hall–Kier alpha value is -3.19. The molecule has 3 N–H and O–H groups in total. The lowest BCUT2D eigenvalue weighted by atomic mass is 9.85. The van der Waals surface area contributed by atoms with Gasteiger partial charge in [0.2, 0.25) is 5.91 Å². The Balaban J connectivity index is 1.92. The van der Waals surface area contributed by atoms with Gasteiger partial charge in [0.15, 0.2) is 0 Å². The fourth-order valence-corrected chi connectivity index (χ4v) is 6.07. The summed E-state index contributed by atoms with van der Waals surface area (Å²) in [5.74, 6) is -0.0500. The number of hydrogen-bond acceptors (Lipinski definition) is 8. The van der Waals surface area contributed by atoms with Crippen molar-refractivity contribution < 1.29 is 37.4 Å². The summed E-state index contributed by atoms with van der Waals surface area (Å²) in [4.78, 5) is 31.5. The van der Waals surface area contributed by atoms with Gasteiger partial charge in [0.25, 0.3) is 10.0 Å². The number of carbonyl (C=O) groups excluding carboxylic acids is 2. The van der Waals surface area contributed by atoms with Crippen molar-refractivity contribution in [2.24, 2.45) is 5.41 Å². The molecule has 0 heterocycles. The molecule has 2 aromatic carbocycles. The second kappa shape index (κ2) is 14.8. The fourth-order valence-electron chi connectivity index (χ4n) is 4.77. The number of methoxy groups -OCH3 is 2. The maximum atomic E-state index is 13.8. The summed E-state index contributed by atoms with van der Waals surface area (Å²) in [6.45, 7) is 4.92. The second-order valence-electron chi connectivity index (χ2n) is 11.5. The first-order valence-electron chi connectivity index (χ1n) is 14.1. The first-order valence-corrected chi connectivity index (χ1v) is 15.5. The van der Waals surface area contributed by atoms with Crippen molar-refractivity contribution in [2.45, 2.75) is 82.1 Å². The van der Waals surface area contributed by atoms with Gasteiger partial charge < -0.3 is 25.2 Å². The van der Waals surface area contributed by atoms with E-state index in [9.17, 15) is 23.1 Å². The molecule has 0 radical (unpaired) electrons. The quantitative estimate of drug-likeness (QED) is 0.295. The van der Waals surface area contributed by atoms with Gasteiger partial charge in [-0.3, -0.25) is 9.63 Å². The first-order chi connectivity index (χ1) is 19.8. The summed E-state index contributed by atoms with van der Waals surface area (Å²) in [6, 6.07) is 13.2. The van der Waals surface area contributed by atoms with Crippen molar-refractivity contribution in [3.05, 3.63) is 60.2 Å². The summed E-state index contributed by atoms with van der Waals surface area (Å²) in [6.07, 6.45) is 0.956. The number of ether oxygens (including phenoxy) is 2. The molecule has 1 fully saturated rings. The average molecular weight is 606 g/mol. The van der Waals surface area contributed by atoms with Gasteiger partial charge in [0.05, 0.1) is 43.9 Å². The number of aliphatic hydroxyl groups excluding tert-OH is 1. The van der Waals surface area contributed by atoms with E-state index < -0.39 is 52.2 Å². The molecule has 0 aliphatic heterocycles. The summed E-state index contributed by atoms with van der Waals surface area (Å²) >= 11 is 0. The largest absolute Gasteiger partial charge is 0.497 e. The number of alkyl carbamates (subject to hydrolysis) is 1. The number of carbonyl (C=O) groups is 2. The van der Waals surface area contributed by atoms with Gasteiger partial charge in [-0.25, -0.2) is 13.2 Å². The minimum Gasteiger partial charge on any atom is -0.497 e. The second-order valence-corrected chi connectivity index (χ2v) is 13.3. The van der Waals surface area contributed by atoms with Crippen molar-refractivity contribution in [1.82, 2.24) is 15.1 Å². The van der Waals surface area contributed by atoms with E-state index in [4.69, 9.17) is 14.3 Å². The highest BCUT2D eigenvalue weighted by atomic mass is 32.2. The number of sulfonamides is 1. The van der Waals surface area contributed by atoms with Crippen molar-refractivity contribution >= 4 is 22.0 Å². The molecule has 0 unspecified atom stereocenters. The van der Waals surface area contributed by atoms with Crippen LogP contribution in [0.25, 0.3) is 0 Å². The molecule has 232 valence electrons. The van der Waals surface area contributed by atoms with E-state index in [1.807, 2.05) is 30.3 Å². The molecule has 0 spiro atoms. The average Bonchev–Trinajstić information content (AvgIpc) is 3.48. The molecular formula is C30H43N3O8S. The maximum Gasteiger partial charge on any atom is 0.407 e. The zero-order valence-corrected chi connectivity index (χ0v) is 25.7. The van der Waals surface area contributed by atoms with Crippen LogP contribution in [-0.4, -0.2) is 75.0 Å². The SMILES string of the molecule is COC(=O)N[C@H](C(=O)N[C@@H](Cc1ccccc1)[C@H](O)CN(OC1CCCC1)S(=O)(=O)c1ccc(OC)cc1)C(C)(C)C. The minimum atomic E-state index is -4.19. The van der Waals surface area contributed by atoms with Crippen molar-refractivity contribution in [2.75, 3.05) is 20.8 Å². The normalized spacial score (nSPS) is 16.5. The van der Waals surface area contributed by atoms with Gasteiger partial charge >= 0.3 is 6.09 Å². The summed E-state index contributed by atoms with van der Waals surface area (Å²) in [7, 11) is -1.50. The zero-order chi connectivity index (χ0) is 30.9. The Morgan fingerprint density at radius 1 is 1.00 bits per heavy atom. The lowest BCUT2D eigenvalue weighted by Gasteiger charge is -2.34. The van der Waals surface area contributed by atoms with E-state index in [2.05, 4.69) is 10.6 Å². The standard InChI is InChI=1S/C30H43N3O8S/c1-30(2,3)27(32-29(36)40-5)28(35)31-25(19-21-11-7-6-8-12-21)26(34)20-33(41-23-13-9-10-14-23)42(37,38)24-17-15-22(39-4)16-18-24/h6-8,11-12,15-18,23,25-27,34H,9-10,13-14,19-20H2,1-5H3,(H,31,35)(H,32,36)/t25-,26+,27+/m0/s1. The summed E-state index contributed by atoms with van der Waals surface area (Å²) < 4.78 is 38.2. The predicted octanol–water partition coefficient (Wildman–Crippen LogP) is 3.42. The van der Waals surface area contributed by atoms with Crippen LogP contribution < -0.4 is 15.4 Å². The Bertz CT molecular complexity index is 1260. The van der Waals surface area contributed by atoms with Crippen LogP contribution in [0.5, 0.6) is 5.75 Å². The molecule has 1 aliphatic carbocycles. The Kier molecular flexibility index (Phi) is 11.7. The number of nitrogens with one attached hydrogen (secondary N) is 2. The van der Waals surface area contributed by atoms with Crippen molar-refractivity contribution in [3.63, 3.8) is 0 Å². The van der Waals surface area contributed by atoms with Gasteiger partial charge in [-0.2, -0.15) is 0 Å². The van der Waals surface area contributed by atoms with E-state index in [1.54, 1.807) is 20.8 Å². The fraction of sp³-hybridized carbons (Fsp3) is 0.533. The van der Waals surface area contributed by atoms with E-state index in [1.165, 1.54) is 38.5 Å². The van der Waals surface area contributed by atoms with Crippen LogP contribution >= 0.6 is 0 Å². The van der Waals surface area contributed by atoms with Crippen LogP contribution in [0.3, 0.4) is 0 Å². The molecule has 3 rings (SSSR count). The van der Waals surface area contributed by atoms with E-state index in [-0.39, 0.29) is 17.4 Å². The van der Waals surface area contributed by atoms with Gasteiger partial charge in [0, 0.05) is 0 Å². The van der Waals surface area contributed by atoms with Crippen molar-refractivity contribution in [3.8, 4) is 5.75 Å². The van der Waals surface area contributed by atoms with Gasteiger partial charge in [-0.15, -0.1) is 0 Å². The lowest BCUT2D eigenvalue weighted by molar-refractivity contribution is -0.147. The Labute approximate surface area is 248 Å². The maximum absolute atomic E-state index is 13.8. The molecule has 11 nitrogen and oxygen atoms in total. The molecule has 0 saturated heterocycles. The van der Waals surface area contributed by atoms with E-state index >= 15 is 0 Å². The summed E-state index contributed by atoms with van der Waals surface area (Å²) in [5.41, 5.74) is 0.118. The molecule has 12 heteroatoms. The van der Waals surface area contributed by atoms with E-state index in [0.29, 0.717) is 18.6 Å². The van der Waals surface area contributed by atoms with Crippen LogP contribution in [-0.2, 0) is 30.8 Å². The monoisotopic (exact) mass is 605 g/mol. The number of hydrogen-bond donors (Lipinski definition) is 3. The number of nitrogens with zero attached hydrogens (tertiary/aromatic N) is 1. The van der Waals surface area contributed by atoms with E-state index in [0.717, 1.165) is 22.9 Å². The number of rotatable bonds is 13. The number of hydroxylamine groups is 1. The third-order valence-corrected chi connectivity index (χ3v) is 8.84. The highest BCUT2D eigenvalue weighted by Crippen LogP contribution is 2.27. The highest BCUT2D eigenvalue weighted by Gasteiger charge is 2.38. The number of aliphatic hydroxyl groups is 1. The van der Waals surface area contributed by atoms with Crippen LogP contribution in [0.15, 0.2) is 59.5 Å². The molecule has 2 amide bonds. The Morgan fingerprint density at radius 3 is 2.17 bits per heavy atom. The van der Waals surface area contributed by atoms with Crippen LogP contribution in [0.4, 0.5) is 4.79 Å². The molecule has 42 heavy (non-hydrogen) atoms. The molecule has 3 atom stereocenters. The molecule has 1 saturated carbocycles. The molecule has 0 bridgehead atoms. The third kappa shape index (κ3) is 9.15. The topological polar surface area (TPSA) is 143 Å². The minimum absolute atomic E-state index is 0.0211. The third-order valence-electron chi connectivity index (χ3n) is 7.20. The van der Waals surface area contributed by atoms with Crippen LogP contribution in [0, 0.1) is 5.41 Å². The van der Waals surface area contributed by atoms with Gasteiger partial charge in [0.1, 0.15) is 11.8 Å². The lowest BCUT2D eigenvalue weighted by Crippen LogP contribution is -2.58. The molecular weight excluding hydrogens is 562 g/mol. The predicted molar refractivity (Wildman–Crippen MR) is 157 cm³/mol. The van der Waals surface area contributed by atoms with Crippen molar-refractivity contribution in [1.29, 1.82) is 0 Å². The summed E-state index contributed by atoms with van der Waals surface area (Å²) in [5, 5.41) is 17.0. The number of amides is 2. The van der Waals surface area contributed by atoms with Crippen LogP contribution in [0.2, 0.25) is 0 Å². The van der Waals surface area contributed by atoms with Gasteiger partial charge in [-0.05, 0) is 54.5 Å². The highest BCUT2D eigenvalue weighted by molar-refractivity contribution is 7.89.